The molecule has 1 saturated heterocycles. The Labute approximate surface area is 212 Å². The zero-order valence-electron chi connectivity index (χ0n) is 20.8. The van der Waals surface area contributed by atoms with Crippen LogP contribution in [0.1, 0.15) is 42.4 Å². The van der Waals surface area contributed by atoms with Gasteiger partial charge in [-0.1, -0.05) is 54.1 Å². The van der Waals surface area contributed by atoms with Gasteiger partial charge in [-0.05, 0) is 56.5 Å². The molecule has 1 aliphatic rings. The standard InChI is InChI=1S/C28H32ClN3O3/c1-20-18-32(19-21-8-6-5-7-9-21)25(24(20)22-10-12-23(29)13-11-22)26(33)30-14-16-31(17-15-30)27(34)35-28(2,3)4/h5-13,18H,14-17,19H2,1-4H3. The van der Waals surface area contributed by atoms with Crippen molar-refractivity contribution in [3.63, 3.8) is 0 Å². The van der Waals surface area contributed by atoms with Gasteiger partial charge in [0.15, 0.2) is 0 Å². The maximum absolute atomic E-state index is 13.9. The highest BCUT2D eigenvalue weighted by Gasteiger charge is 2.31. The first kappa shape index (κ1) is 24.9. The first-order valence-corrected chi connectivity index (χ1v) is 12.3. The number of aryl methyl sites for hydroxylation is 1. The third kappa shape index (κ3) is 5.88. The van der Waals surface area contributed by atoms with Crippen molar-refractivity contribution in [1.82, 2.24) is 14.4 Å². The molecule has 0 N–H and O–H groups in total. The molecule has 0 saturated carbocycles. The van der Waals surface area contributed by atoms with E-state index in [2.05, 4.69) is 12.1 Å². The highest BCUT2D eigenvalue weighted by molar-refractivity contribution is 6.30. The zero-order chi connectivity index (χ0) is 25.2. The maximum atomic E-state index is 13.9. The predicted octanol–water partition coefficient (Wildman–Crippen LogP) is 5.86. The fourth-order valence-electron chi connectivity index (χ4n) is 4.38. The van der Waals surface area contributed by atoms with E-state index in [1.807, 2.05) is 85.8 Å². The normalized spacial score (nSPS) is 14.2. The van der Waals surface area contributed by atoms with Crippen LogP contribution >= 0.6 is 11.6 Å². The van der Waals surface area contributed by atoms with Crippen LogP contribution in [0.3, 0.4) is 0 Å². The molecular formula is C28H32ClN3O3. The second-order valence-corrected chi connectivity index (χ2v) is 10.4. The van der Waals surface area contributed by atoms with Gasteiger partial charge in [-0.25, -0.2) is 4.79 Å². The van der Waals surface area contributed by atoms with E-state index >= 15 is 0 Å². The Morgan fingerprint density at radius 2 is 1.51 bits per heavy atom. The van der Waals surface area contributed by atoms with Crippen LogP contribution in [0.2, 0.25) is 5.02 Å². The lowest BCUT2D eigenvalue weighted by molar-refractivity contribution is 0.0139. The fraction of sp³-hybridized carbons (Fsp3) is 0.357. The number of amides is 2. The Bertz CT molecular complexity index is 1190. The van der Waals surface area contributed by atoms with Gasteiger partial charge in [0.2, 0.25) is 0 Å². The summed E-state index contributed by atoms with van der Waals surface area (Å²) in [6.07, 6.45) is 1.70. The Morgan fingerprint density at radius 1 is 0.914 bits per heavy atom. The summed E-state index contributed by atoms with van der Waals surface area (Å²) in [4.78, 5) is 29.9. The molecule has 1 aliphatic heterocycles. The molecule has 7 heteroatoms. The minimum atomic E-state index is -0.548. The van der Waals surface area contributed by atoms with Crippen LogP contribution in [0.4, 0.5) is 4.79 Å². The van der Waals surface area contributed by atoms with Crippen molar-refractivity contribution in [3.05, 3.63) is 82.6 Å². The van der Waals surface area contributed by atoms with E-state index in [1.54, 1.807) is 4.90 Å². The number of hydrogen-bond donors (Lipinski definition) is 0. The van der Waals surface area contributed by atoms with Gasteiger partial charge >= 0.3 is 6.09 Å². The molecule has 2 heterocycles. The van der Waals surface area contributed by atoms with Crippen LogP contribution < -0.4 is 0 Å². The van der Waals surface area contributed by atoms with Gasteiger partial charge in [-0.15, -0.1) is 0 Å². The zero-order valence-corrected chi connectivity index (χ0v) is 21.5. The largest absolute Gasteiger partial charge is 0.444 e. The fourth-order valence-corrected chi connectivity index (χ4v) is 4.50. The van der Waals surface area contributed by atoms with Gasteiger partial charge in [-0.3, -0.25) is 4.79 Å². The molecule has 2 amide bonds. The maximum Gasteiger partial charge on any atom is 0.410 e. The minimum absolute atomic E-state index is 0.0391. The molecule has 0 atom stereocenters. The SMILES string of the molecule is Cc1cn(Cc2ccccc2)c(C(=O)N2CCN(C(=O)OC(C)(C)C)CC2)c1-c1ccc(Cl)cc1. The lowest BCUT2D eigenvalue weighted by Crippen LogP contribution is -2.52. The molecule has 3 aromatic rings. The summed E-state index contributed by atoms with van der Waals surface area (Å²) in [6, 6.07) is 17.7. The summed E-state index contributed by atoms with van der Waals surface area (Å²) in [5.41, 5.74) is 4.12. The number of aromatic nitrogens is 1. The van der Waals surface area contributed by atoms with Crippen molar-refractivity contribution < 1.29 is 14.3 Å². The average molecular weight is 494 g/mol. The molecule has 0 spiro atoms. The molecule has 1 fully saturated rings. The first-order chi connectivity index (χ1) is 16.6. The van der Waals surface area contributed by atoms with Gasteiger partial charge < -0.3 is 19.1 Å². The van der Waals surface area contributed by atoms with Crippen molar-refractivity contribution in [2.45, 2.75) is 39.8 Å². The summed E-state index contributed by atoms with van der Waals surface area (Å²) in [6.45, 7) is 9.97. The summed E-state index contributed by atoms with van der Waals surface area (Å²) >= 11 is 6.13. The third-order valence-corrected chi connectivity index (χ3v) is 6.27. The number of ether oxygens (including phenoxy) is 1. The van der Waals surface area contributed by atoms with Gasteiger partial charge in [-0.2, -0.15) is 0 Å². The van der Waals surface area contributed by atoms with Crippen LogP contribution in [0.15, 0.2) is 60.8 Å². The molecule has 35 heavy (non-hydrogen) atoms. The second-order valence-electron chi connectivity index (χ2n) is 9.92. The number of hydrogen-bond acceptors (Lipinski definition) is 3. The lowest BCUT2D eigenvalue weighted by atomic mass is 10.0. The number of halogens is 1. The molecule has 1 aromatic heterocycles. The van der Waals surface area contributed by atoms with E-state index in [0.29, 0.717) is 43.4 Å². The van der Waals surface area contributed by atoms with Crippen molar-refractivity contribution in [2.75, 3.05) is 26.2 Å². The average Bonchev–Trinajstić information content (AvgIpc) is 3.14. The van der Waals surface area contributed by atoms with Crippen molar-refractivity contribution >= 4 is 23.6 Å². The van der Waals surface area contributed by atoms with E-state index in [9.17, 15) is 9.59 Å². The van der Waals surface area contributed by atoms with Crippen LogP contribution in [0.25, 0.3) is 11.1 Å². The number of rotatable bonds is 4. The van der Waals surface area contributed by atoms with E-state index in [1.165, 1.54) is 0 Å². The summed E-state index contributed by atoms with van der Waals surface area (Å²) in [7, 11) is 0. The quantitative estimate of drug-likeness (QED) is 0.457. The van der Waals surface area contributed by atoms with Gasteiger partial charge in [0.05, 0.1) is 0 Å². The van der Waals surface area contributed by atoms with Gasteiger partial charge in [0, 0.05) is 49.5 Å². The third-order valence-electron chi connectivity index (χ3n) is 6.02. The van der Waals surface area contributed by atoms with Crippen molar-refractivity contribution in [2.24, 2.45) is 0 Å². The number of benzene rings is 2. The molecule has 184 valence electrons. The Hall–Kier alpha value is -3.25. The summed E-state index contributed by atoms with van der Waals surface area (Å²) < 4.78 is 7.54. The number of nitrogens with zero attached hydrogens (tertiary/aromatic N) is 3. The smallest absolute Gasteiger partial charge is 0.410 e. The molecule has 4 rings (SSSR count). The molecular weight excluding hydrogens is 462 g/mol. The van der Waals surface area contributed by atoms with E-state index in [4.69, 9.17) is 16.3 Å². The highest BCUT2D eigenvalue weighted by atomic mass is 35.5. The topological polar surface area (TPSA) is 54.8 Å². The van der Waals surface area contributed by atoms with E-state index < -0.39 is 5.60 Å². The van der Waals surface area contributed by atoms with Gasteiger partial charge in [0.25, 0.3) is 5.91 Å². The summed E-state index contributed by atoms with van der Waals surface area (Å²) in [5, 5.41) is 0.654. The van der Waals surface area contributed by atoms with Crippen LogP contribution in [-0.4, -0.2) is 58.1 Å². The Morgan fingerprint density at radius 3 is 2.11 bits per heavy atom. The number of piperazine rings is 1. The molecule has 0 radical (unpaired) electrons. The van der Waals surface area contributed by atoms with Crippen LogP contribution in [-0.2, 0) is 11.3 Å². The highest BCUT2D eigenvalue weighted by Crippen LogP contribution is 2.32. The number of carbonyl (C=O) groups is 2. The molecule has 6 nitrogen and oxygen atoms in total. The lowest BCUT2D eigenvalue weighted by Gasteiger charge is -2.36. The second kappa shape index (κ2) is 10.2. The van der Waals surface area contributed by atoms with Crippen LogP contribution in [0, 0.1) is 6.92 Å². The van der Waals surface area contributed by atoms with Gasteiger partial charge in [0.1, 0.15) is 11.3 Å². The summed E-state index contributed by atoms with van der Waals surface area (Å²) in [5.74, 6) is -0.0391. The van der Waals surface area contributed by atoms with Crippen molar-refractivity contribution in [1.29, 1.82) is 0 Å². The van der Waals surface area contributed by atoms with E-state index in [-0.39, 0.29) is 12.0 Å². The molecule has 2 aromatic carbocycles. The van der Waals surface area contributed by atoms with E-state index in [0.717, 1.165) is 22.3 Å². The predicted molar refractivity (Wildman–Crippen MR) is 139 cm³/mol. The molecule has 0 bridgehead atoms. The monoisotopic (exact) mass is 493 g/mol. The first-order valence-electron chi connectivity index (χ1n) is 11.9. The van der Waals surface area contributed by atoms with Crippen molar-refractivity contribution in [3.8, 4) is 11.1 Å². The Balaban J connectivity index is 1.62. The minimum Gasteiger partial charge on any atom is -0.444 e. The number of carbonyl (C=O) groups excluding carboxylic acids is 2. The van der Waals surface area contributed by atoms with Crippen LogP contribution in [0.5, 0.6) is 0 Å². The molecule has 0 unspecified atom stereocenters. The molecule has 0 aliphatic carbocycles. The Kier molecular flexibility index (Phi) is 7.22.